The van der Waals surface area contributed by atoms with Crippen molar-refractivity contribution in [1.82, 2.24) is 9.78 Å². The van der Waals surface area contributed by atoms with E-state index >= 15 is 0 Å². The Morgan fingerprint density at radius 2 is 1.39 bits per heavy atom. The molecule has 0 fully saturated rings. The van der Waals surface area contributed by atoms with E-state index in [-0.39, 0.29) is 18.1 Å². The third-order valence-corrected chi connectivity index (χ3v) is 7.45. The number of aromatic nitrogens is 2. The van der Waals surface area contributed by atoms with Crippen molar-refractivity contribution in [3.8, 4) is 28.4 Å². The predicted octanol–water partition coefficient (Wildman–Crippen LogP) is 8.57. The Kier molecular flexibility index (Phi) is 8.63. The zero-order valence-electron chi connectivity index (χ0n) is 23.5. The minimum atomic E-state index is -0.283. The molecule has 8 heteroatoms. The van der Waals surface area contributed by atoms with Gasteiger partial charge >= 0.3 is 0 Å². The fourth-order valence-electron chi connectivity index (χ4n) is 4.69. The highest BCUT2D eigenvalue weighted by Gasteiger charge is 2.17. The SMILES string of the molecule is O=C(Cc1ccc(-c2cc(NC(=O)c3ccccc3)n(-c3ccc(Oc4ccccc4)c(SO)c3)n2)cc1)c1ccccc1. The number of Topliss-reactive ketones (excluding diaryl/α,β-unsaturated/α-hetero) is 1. The normalized spacial score (nSPS) is 10.8. The number of para-hydroxylation sites is 1. The Hall–Kier alpha value is -5.44. The van der Waals surface area contributed by atoms with Gasteiger partial charge in [0.2, 0.25) is 0 Å². The van der Waals surface area contributed by atoms with Crippen LogP contribution in [0.25, 0.3) is 16.9 Å². The summed E-state index contributed by atoms with van der Waals surface area (Å²) in [6, 6.07) is 42.2. The van der Waals surface area contributed by atoms with E-state index < -0.39 is 0 Å². The number of ether oxygens (including phenoxy) is 1. The van der Waals surface area contributed by atoms with Crippen molar-refractivity contribution in [2.75, 3.05) is 5.32 Å². The molecule has 0 aliphatic heterocycles. The van der Waals surface area contributed by atoms with E-state index in [0.717, 1.165) is 11.1 Å². The first-order chi connectivity index (χ1) is 21.6. The molecule has 44 heavy (non-hydrogen) atoms. The summed E-state index contributed by atoms with van der Waals surface area (Å²) in [5.41, 5.74) is 4.12. The number of hydrogen-bond acceptors (Lipinski definition) is 6. The Morgan fingerprint density at radius 3 is 2.05 bits per heavy atom. The van der Waals surface area contributed by atoms with Crippen LogP contribution in [-0.2, 0) is 6.42 Å². The van der Waals surface area contributed by atoms with Gasteiger partial charge in [-0.05, 0) is 48.0 Å². The molecule has 0 unspecified atom stereocenters. The molecule has 0 saturated heterocycles. The number of nitrogens with one attached hydrogen (secondary N) is 1. The molecule has 1 aromatic heterocycles. The molecule has 7 nitrogen and oxygen atoms in total. The van der Waals surface area contributed by atoms with Crippen LogP contribution in [-0.4, -0.2) is 26.0 Å². The fourth-order valence-corrected chi connectivity index (χ4v) is 5.06. The van der Waals surface area contributed by atoms with Crippen LogP contribution in [0.4, 0.5) is 5.82 Å². The Labute approximate surface area is 259 Å². The molecule has 1 amide bonds. The maximum absolute atomic E-state index is 13.1. The lowest BCUT2D eigenvalue weighted by Crippen LogP contribution is -2.15. The lowest BCUT2D eigenvalue weighted by Gasteiger charge is -2.13. The van der Waals surface area contributed by atoms with Crippen molar-refractivity contribution in [1.29, 1.82) is 0 Å². The van der Waals surface area contributed by atoms with Crippen molar-refractivity contribution in [2.24, 2.45) is 0 Å². The van der Waals surface area contributed by atoms with E-state index in [0.29, 0.717) is 56.8 Å². The quantitative estimate of drug-likeness (QED) is 0.121. The van der Waals surface area contributed by atoms with Crippen LogP contribution in [0.5, 0.6) is 11.5 Å². The number of benzene rings is 5. The summed E-state index contributed by atoms with van der Waals surface area (Å²) >= 11 is 0.567. The number of anilines is 1. The molecule has 216 valence electrons. The van der Waals surface area contributed by atoms with Gasteiger partial charge in [0.1, 0.15) is 17.3 Å². The highest BCUT2D eigenvalue weighted by molar-refractivity contribution is 7.93. The Balaban J connectivity index is 1.31. The maximum atomic E-state index is 13.1. The van der Waals surface area contributed by atoms with Crippen molar-refractivity contribution >= 4 is 29.6 Å². The molecule has 0 atom stereocenters. The average Bonchev–Trinajstić information content (AvgIpc) is 3.50. The standard InChI is InChI=1S/C36H27N3O4S/c40-32(27-10-4-1-5-11-27)22-25-16-18-26(19-17-25)31-24-35(37-36(41)28-12-6-2-7-13-28)39(38-31)29-20-21-33(34(23-29)44-42)43-30-14-8-3-9-15-30/h1-21,23-24,42H,22H2,(H,37,41). The number of nitrogens with zero attached hydrogens (tertiary/aromatic N) is 2. The van der Waals surface area contributed by atoms with Gasteiger partial charge in [-0.3, -0.25) is 9.59 Å². The minimum Gasteiger partial charge on any atom is -0.456 e. The van der Waals surface area contributed by atoms with E-state index in [9.17, 15) is 14.1 Å². The van der Waals surface area contributed by atoms with Crippen LogP contribution in [0.3, 0.4) is 0 Å². The number of ketones is 1. The fraction of sp³-hybridized carbons (Fsp3) is 0.0278. The van der Waals surface area contributed by atoms with Gasteiger partial charge in [0.15, 0.2) is 5.78 Å². The van der Waals surface area contributed by atoms with E-state index in [1.54, 1.807) is 47.1 Å². The summed E-state index contributed by atoms with van der Waals surface area (Å²) in [5.74, 6) is 1.33. The van der Waals surface area contributed by atoms with Crippen LogP contribution in [0, 0.1) is 0 Å². The number of carbonyl (C=O) groups excluding carboxylic acids is 2. The maximum Gasteiger partial charge on any atom is 0.256 e. The first kappa shape index (κ1) is 28.7. The second-order valence-electron chi connectivity index (χ2n) is 9.95. The third-order valence-electron chi connectivity index (χ3n) is 6.94. The largest absolute Gasteiger partial charge is 0.456 e. The summed E-state index contributed by atoms with van der Waals surface area (Å²) in [7, 11) is 0. The van der Waals surface area contributed by atoms with Crippen molar-refractivity contribution < 1.29 is 18.9 Å². The molecule has 0 aliphatic rings. The summed E-state index contributed by atoms with van der Waals surface area (Å²) < 4.78 is 17.7. The van der Waals surface area contributed by atoms with Crippen LogP contribution in [0.1, 0.15) is 26.3 Å². The highest BCUT2D eigenvalue weighted by atomic mass is 32.2. The van der Waals surface area contributed by atoms with E-state index in [1.165, 1.54) is 0 Å². The number of hydrogen-bond donors (Lipinski definition) is 2. The van der Waals surface area contributed by atoms with Gasteiger partial charge in [0, 0.05) is 41.2 Å². The molecule has 1 heterocycles. The lowest BCUT2D eigenvalue weighted by molar-refractivity contribution is 0.0991. The minimum absolute atomic E-state index is 0.0470. The highest BCUT2D eigenvalue weighted by Crippen LogP contribution is 2.35. The summed E-state index contributed by atoms with van der Waals surface area (Å²) in [6.45, 7) is 0. The van der Waals surface area contributed by atoms with Gasteiger partial charge in [0.25, 0.3) is 5.91 Å². The lowest BCUT2D eigenvalue weighted by atomic mass is 10.0. The molecule has 6 rings (SSSR count). The molecule has 0 spiro atoms. The van der Waals surface area contributed by atoms with Crippen molar-refractivity contribution in [3.05, 3.63) is 156 Å². The molecule has 0 saturated carbocycles. The second kappa shape index (κ2) is 13.2. The number of rotatable bonds is 10. The summed E-state index contributed by atoms with van der Waals surface area (Å²) in [6.07, 6.45) is 0.288. The number of amides is 1. The molecule has 0 aliphatic carbocycles. The second-order valence-corrected chi connectivity index (χ2v) is 10.6. The summed E-state index contributed by atoms with van der Waals surface area (Å²) in [4.78, 5) is 26.3. The Bertz CT molecular complexity index is 1890. The van der Waals surface area contributed by atoms with Gasteiger partial charge in [-0.1, -0.05) is 91.0 Å². The monoisotopic (exact) mass is 597 g/mol. The third kappa shape index (κ3) is 6.62. The van der Waals surface area contributed by atoms with E-state index in [2.05, 4.69) is 5.32 Å². The molecule has 0 bridgehead atoms. The average molecular weight is 598 g/mol. The first-order valence-corrected chi connectivity index (χ1v) is 14.7. The van der Waals surface area contributed by atoms with Gasteiger partial charge in [0.05, 0.1) is 16.3 Å². The molecular weight excluding hydrogens is 570 g/mol. The first-order valence-electron chi connectivity index (χ1n) is 13.9. The van der Waals surface area contributed by atoms with E-state index in [4.69, 9.17) is 9.84 Å². The zero-order chi connectivity index (χ0) is 30.3. The molecule has 0 radical (unpaired) electrons. The predicted molar refractivity (Wildman–Crippen MR) is 173 cm³/mol. The summed E-state index contributed by atoms with van der Waals surface area (Å²) in [5, 5.41) is 7.81. The van der Waals surface area contributed by atoms with E-state index in [1.807, 2.05) is 97.1 Å². The van der Waals surface area contributed by atoms with Crippen molar-refractivity contribution in [2.45, 2.75) is 11.3 Å². The Morgan fingerprint density at radius 1 is 0.750 bits per heavy atom. The topological polar surface area (TPSA) is 93.5 Å². The van der Waals surface area contributed by atoms with Gasteiger partial charge in [-0.25, -0.2) is 4.68 Å². The van der Waals surface area contributed by atoms with Crippen molar-refractivity contribution in [3.63, 3.8) is 0 Å². The smallest absolute Gasteiger partial charge is 0.256 e. The van der Waals surface area contributed by atoms with Gasteiger partial charge < -0.3 is 14.6 Å². The van der Waals surface area contributed by atoms with Crippen LogP contribution >= 0.6 is 12.0 Å². The molecule has 2 N–H and O–H groups in total. The molecule has 6 aromatic rings. The van der Waals surface area contributed by atoms with Crippen LogP contribution in [0.2, 0.25) is 0 Å². The zero-order valence-corrected chi connectivity index (χ0v) is 24.3. The van der Waals surface area contributed by atoms with Gasteiger partial charge in [-0.2, -0.15) is 5.10 Å². The van der Waals surface area contributed by atoms with Crippen LogP contribution < -0.4 is 10.1 Å². The van der Waals surface area contributed by atoms with Gasteiger partial charge in [-0.15, -0.1) is 0 Å². The molecular formula is C36H27N3O4S. The van der Waals surface area contributed by atoms with Crippen LogP contribution in [0.15, 0.2) is 144 Å². The molecule has 5 aromatic carbocycles. The number of carbonyl (C=O) groups is 2.